The number of amides is 1. The van der Waals surface area contributed by atoms with Gasteiger partial charge in [0.15, 0.2) is 0 Å². The van der Waals surface area contributed by atoms with E-state index >= 15 is 0 Å². The van der Waals surface area contributed by atoms with Gasteiger partial charge in [-0.3, -0.25) is 4.79 Å². The molecule has 1 fully saturated rings. The Hall–Kier alpha value is -2.86. The maximum atomic E-state index is 13.1. The van der Waals surface area contributed by atoms with Crippen LogP contribution in [0.25, 0.3) is 0 Å². The molecule has 0 saturated carbocycles. The van der Waals surface area contributed by atoms with Crippen molar-refractivity contribution in [3.05, 3.63) is 65.2 Å². The van der Waals surface area contributed by atoms with Crippen LogP contribution in [0.3, 0.4) is 0 Å². The third-order valence-electron chi connectivity index (χ3n) is 5.08. The molecule has 2 aromatic carbocycles. The second-order valence-electron chi connectivity index (χ2n) is 6.61. The van der Waals surface area contributed by atoms with Crippen LogP contribution in [0, 0.1) is 0 Å². The number of hydrogen-bond donors (Lipinski definition) is 2. The molecule has 2 N–H and O–H groups in total. The number of benzene rings is 2. The van der Waals surface area contributed by atoms with Gasteiger partial charge < -0.3 is 19.9 Å². The molecule has 1 heterocycles. The van der Waals surface area contributed by atoms with Crippen molar-refractivity contribution in [2.45, 2.75) is 24.8 Å². The highest BCUT2D eigenvalue weighted by Crippen LogP contribution is 2.36. The van der Waals surface area contributed by atoms with Crippen molar-refractivity contribution in [2.75, 3.05) is 20.3 Å². The van der Waals surface area contributed by atoms with Crippen LogP contribution in [0.5, 0.6) is 5.75 Å². The van der Waals surface area contributed by atoms with Gasteiger partial charge in [0.1, 0.15) is 5.75 Å². The number of nitrogens with one attached hydrogen (secondary N) is 1. The first-order chi connectivity index (χ1) is 13.0. The van der Waals surface area contributed by atoms with Crippen LogP contribution in [-0.4, -0.2) is 37.3 Å². The zero-order valence-corrected chi connectivity index (χ0v) is 15.2. The van der Waals surface area contributed by atoms with Crippen LogP contribution in [0.1, 0.15) is 34.3 Å². The molecular formula is C21H23NO5. The highest BCUT2D eigenvalue weighted by atomic mass is 16.5. The van der Waals surface area contributed by atoms with Gasteiger partial charge in [-0.25, -0.2) is 4.79 Å². The number of aromatic carboxylic acids is 1. The lowest BCUT2D eigenvalue weighted by Crippen LogP contribution is -2.47. The summed E-state index contributed by atoms with van der Waals surface area (Å²) < 4.78 is 10.7. The van der Waals surface area contributed by atoms with Crippen LogP contribution in [0.15, 0.2) is 48.5 Å². The number of rotatable bonds is 6. The number of ether oxygens (including phenoxy) is 2. The Kier molecular flexibility index (Phi) is 5.76. The molecule has 0 unspecified atom stereocenters. The van der Waals surface area contributed by atoms with Crippen molar-refractivity contribution in [2.24, 2.45) is 0 Å². The Morgan fingerprint density at radius 2 is 1.70 bits per heavy atom. The molecule has 2 aromatic rings. The van der Waals surface area contributed by atoms with Crippen LogP contribution >= 0.6 is 0 Å². The molecule has 0 radical (unpaired) electrons. The van der Waals surface area contributed by atoms with E-state index in [-0.39, 0.29) is 11.5 Å². The van der Waals surface area contributed by atoms with Crippen molar-refractivity contribution < 1.29 is 24.2 Å². The van der Waals surface area contributed by atoms with E-state index in [2.05, 4.69) is 5.32 Å². The van der Waals surface area contributed by atoms with Gasteiger partial charge in [0.05, 0.1) is 18.1 Å². The molecule has 1 saturated heterocycles. The first-order valence-electron chi connectivity index (χ1n) is 8.88. The standard InChI is InChI=1S/C21H23NO5/c1-26-18-8-6-17(7-9-18)21(10-12-27-13-11-21)20(25)22-14-15-2-4-16(5-3-15)19(23)24/h2-9H,10-14H2,1H3,(H,22,25)(H,23,24). The molecule has 0 aliphatic carbocycles. The molecule has 1 aliphatic heterocycles. The molecule has 0 spiro atoms. The molecule has 0 bridgehead atoms. The van der Waals surface area contributed by atoms with Crippen LogP contribution in [0.2, 0.25) is 0 Å². The lowest BCUT2D eigenvalue weighted by molar-refractivity contribution is -0.130. The third-order valence-corrected chi connectivity index (χ3v) is 5.08. The van der Waals surface area contributed by atoms with Gasteiger partial charge in [0, 0.05) is 19.8 Å². The van der Waals surface area contributed by atoms with E-state index < -0.39 is 11.4 Å². The molecule has 1 amide bonds. The smallest absolute Gasteiger partial charge is 0.335 e. The van der Waals surface area contributed by atoms with E-state index in [1.54, 1.807) is 19.2 Å². The van der Waals surface area contributed by atoms with E-state index in [1.165, 1.54) is 12.1 Å². The molecule has 0 atom stereocenters. The van der Waals surface area contributed by atoms with Crippen molar-refractivity contribution in [3.63, 3.8) is 0 Å². The van der Waals surface area contributed by atoms with Gasteiger partial charge in [0.25, 0.3) is 0 Å². The van der Waals surface area contributed by atoms with E-state index in [4.69, 9.17) is 14.6 Å². The van der Waals surface area contributed by atoms with Gasteiger partial charge in [0.2, 0.25) is 5.91 Å². The number of carbonyl (C=O) groups is 2. The fraction of sp³-hybridized carbons (Fsp3) is 0.333. The number of carboxylic acid groups (broad SMARTS) is 1. The van der Waals surface area contributed by atoms with Gasteiger partial charge in [-0.2, -0.15) is 0 Å². The van der Waals surface area contributed by atoms with Gasteiger partial charge in [-0.15, -0.1) is 0 Å². The fourth-order valence-electron chi connectivity index (χ4n) is 3.39. The van der Waals surface area contributed by atoms with E-state index in [0.29, 0.717) is 32.6 Å². The highest BCUT2D eigenvalue weighted by molar-refractivity contribution is 5.89. The van der Waals surface area contributed by atoms with E-state index in [9.17, 15) is 9.59 Å². The Morgan fingerprint density at radius 1 is 1.07 bits per heavy atom. The molecule has 0 aromatic heterocycles. The zero-order valence-electron chi connectivity index (χ0n) is 15.2. The van der Waals surface area contributed by atoms with Crippen LogP contribution in [-0.2, 0) is 21.5 Å². The average Bonchev–Trinajstić information content (AvgIpc) is 2.72. The molecule has 142 valence electrons. The first-order valence-corrected chi connectivity index (χ1v) is 8.88. The minimum absolute atomic E-state index is 0.0433. The monoisotopic (exact) mass is 369 g/mol. The second kappa shape index (κ2) is 8.22. The molecule has 6 nitrogen and oxygen atoms in total. The van der Waals surface area contributed by atoms with Gasteiger partial charge in [-0.1, -0.05) is 24.3 Å². The molecule has 27 heavy (non-hydrogen) atoms. The SMILES string of the molecule is COc1ccc(C2(C(=O)NCc3ccc(C(=O)O)cc3)CCOCC2)cc1. The normalized spacial score (nSPS) is 15.7. The molecule has 3 rings (SSSR count). The number of methoxy groups -OCH3 is 1. The largest absolute Gasteiger partial charge is 0.497 e. The maximum Gasteiger partial charge on any atom is 0.335 e. The van der Waals surface area contributed by atoms with Crippen molar-refractivity contribution in [1.29, 1.82) is 0 Å². The Labute approximate surface area is 158 Å². The van der Waals surface area contributed by atoms with Crippen molar-refractivity contribution in [1.82, 2.24) is 5.32 Å². The topological polar surface area (TPSA) is 84.9 Å². The minimum atomic E-state index is -0.966. The van der Waals surface area contributed by atoms with Gasteiger partial charge >= 0.3 is 5.97 Å². The summed E-state index contributed by atoms with van der Waals surface area (Å²) in [5, 5.41) is 12.0. The summed E-state index contributed by atoms with van der Waals surface area (Å²) >= 11 is 0. The molecule has 1 aliphatic rings. The Bertz CT molecular complexity index is 792. The number of hydrogen-bond acceptors (Lipinski definition) is 4. The minimum Gasteiger partial charge on any atom is -0.497 e. The predicted octanol–water partition coefficient (Wildman–Crippen LogP) is 2.76. The Balaban J connectivity index is 1.76. The molecule has 6 heteroatoms. The maximum absolute atomic E-state index is 13.1. The lowest BCUT2D eigenvalue weighted by atomic mass is 9.73. The Morgan fingerprint density at radius 3 is 2.26 bits per heavy atom. The fourth-order valence-corrected chi connectivity index (χ4v) is 3.39. The quantitative estimate of drug-likeness (QED) is 0.818. The summed E-state index contributed by atoms with van der Waals surface area (Å²) in [6.45, 7) is 1.41. The summed E-state index contributed by atoms with van der Waals surface area (Å²) in [6, 6.07) is 14.1. The van der Waals surface area contributed by atoms with Crippen molar-refractivity contribution in [3.8, 4) is 5.75 Å². The van der Waals surface area contributed by atoms with E-state index in [0.717, 1.165) is 16.9 Å². The number of carboxylic acids is 1. The van der Waals surface area contributed by atoms with Crippen molar-refractivity contribution >= 4 is 11.9 Å². The highest BCUT2D eigenvalue weighted by Gasteiger charge is 2.41. The van der Waals surface area contributed by atoms with Crippen LogP contribution in [0.4, 0.5) is 0 Å². The summed E-state index contributed by atoms with van der Waals surface area (Å²) in [6.07, 6.45) is 1.23. The van der Waals surface area contributed by atoms with Crippen LogP contribution < -0.4 is 10.1 Å². The first kappa shape index (κ1) is 18.9. The molecular weight excluding hydrogens is 346 g/mol. The average molecular weight is 369 g/mol. The van der Waals surface area contributed by atoms with E-state index in [1.807, 2.05) is 24.3 Å². The summed E-state index contributed by atoms with van der Waals surface area (Å²) in [7, 11) is 1.61. The lowest BCUT2D eigenvalue weighted by Gasteiger charge is -2.36. The van der Waals surface area contributed by atoms with Gasteiger partial charge in [-0.05, 0) is 48.2 Å². The predicted molar refractivity (Wildman–Crippen MR) is 100.0 cm³/mol. The summed E-state index contributed by atoms with van der Waals surface area (Å²) in [5.74, 6) is -0.260. The summed E-state index contributed by atoms with van der Waals surface area (Å²) in [4.78, 5) is 24.1. The number of carbonyl (C=O) groups excluding carboxylic acids is 1. The zero-order chi connectivity index (χ0) is 19.3. The third kappa shape index (κ3) is 4.11. The second-order valence-corrected chi connectivity index (χ2v) is 6.61. The summed E-state index contributed by atoms with van der Waals surface area (Å²) in [5.41, 5.74) is 1.39.